The van der Waals surface area contributed by atoms with Crippen LogP contribution in [0.15, 0.2) is 35.3 Å². The molecule has 0 fully saturated rings. The third-order valence-corrected chi connectivity index (χ3v) is 2.66. The minimum Gasteiger partial charge on any atom is -0.472 e. The molecule has 0 aliphatic rings. The molecule has 0 saturated heterocycles. The number of hydrogen-bond acceptors (Lipinski definition) is 4. The average molecular weight is 218 g/mol. The van der Waals surface area contributed by atoms with Gasteiger partial charge in [-0.3, -0.25) is 0 Å². The van der Waals surface area contributed by atoms with Crippen molar-refractivity contribution >= 4 is 5.82 Å². The third-order valence-electron chi connectivity index (χ3n) is 2.66. The maximum Gasteiger partial charge on any atom is 0.129 e. The number of hydrogen-bond donors (Lipinski definition) is 2. The molecule has 2 aromatic rings. The van der Waals surface area contributed by atoms with Crippen LogP contribution in [0.2, 0.25) is 0 Å². The van der Waals surface area contributed by atoms with Crippen LogP contribution in [0.5, 0.6) is 0 Å². The van der Waals surface area contributed by atoms with E-state index in [1.54, 1.807) is 19.2 Å². The van der Waals surface area contributed by atoms with Crippen molar-refractivity contribution in [2.75, 3.05) is 5.73 Å². The summed E-state index contributed by atoms with van der Waals surface area (Å²) >= 11 is 0. The van der Waals surface area contributed by atoms with Crippen molar-refractivity contribution in [3.63, 3.8) is 0 Å². The Balaban J connectivity index is 2.55. The van der Waals surface area contributed by atoms with Crippen LogP contribution in [0.4, 0.5) is 5.82 Å². The van der Waals surface area contributed by atoms with Crippen LogP contribution in [0.3, 0.4) is 0 Å². The monoisotopic (exact) mass is 218 g/mol. The van der Waals surface area contributed by atoms with Crippen LogP contribution in [-0.2, 0) is 5.60 Å². The lowest BCUT2D eigenvalue weighted by molar-refractivity contribution is 0.102. The molecule has 2 heterocycles. The van der Waals surface area contributed by atoms with Crippen molar-refractivity contribution in [3.8, 4) is 0 Å². The lowest BCUT2D eigenvalue weighted by Gasteiger charge is -2.23. The molecule has 0 aliphatic heterocycles. The van der Waals surface area contributed by atoms with E-state index in [2.05, 4.69) is 4.98 Å². The van der Waals surface area contributed by atoms with Crippen LogP contribution in [0.25, 0.3) is 0 Å². The number of pyridine rings is 1. The van der Waals surface area contributed by atoms with E-state index in [0.717, 1.165) is 5.56 Å². The molecule has 4 nitrogen and oxygen atoms in total. The van der Waals surface area contributed by atoms with Crippen molar-refractivity contribution in [2.24, 2.45) is 0 Å². The van der Waals surface area contributed by atoms with E-state index < -0.39 is 5.60 Å². The molecule has 1 unspecified atom stereocenters. The van der Waals surface area contributed by atoms with Crippen LogP contribution in [-0.4, -0.2) is 10.1 Å². The molecule has 2 rings (SSSR count). The van der Waals surface area contributed by atoms with Gasteiger partial charge in [0.15, 0.2) is 0 Å². The van der Waals surface area contributed by atoms with Gasteiger partial charge in [0, 0.05) is 17.3 Å². The van der Waals surface area contributed by atoms with Crippen LogP contribution < -0.4 is 5.73 Å². The minimum atomic E-state index is -1.18. The zero-order valence-electron chi connectivity index (χ0n) is 9.27. The van der Waals surface area contributed by atoms with E-state index in [-0.39, 0.29) is 0 Å². The van der Waals surface area contributed by atoms with Gasteiger partial charge < -0.3 is 15.3 Å². The molecule has 3 N–H and O–H groups in total. The first-order valence-electron chi connectivity index (χ1n) is 4.99. The normalized spacial score (nSPS) is 14.7. The summed E-state index contributed by atoms with van der Waals surface area (Å²) < 4.78 is 4.97. The molecule has 0 spiro atoms. The number of aliphatic hydroxyl groups is 1. The lowest BCUT2D eigenvalue weighted by Crippen LogP contribution is -2.24. The van der Waals surface area contributed by atoms with Crippen molar-refractivity contribution < 1.29 is 9.52 Å². The number of nitrogens with zero attached hydrogens (tertiary/aromatic N) is 1. The molecular formula is C12H14N2O2. The number of aryl methyl sites for hydroxylation is 1. The van der Waals surface area contributed by atoms with Gasteiger partial charge in [-0.25, -0.2) is 4.98 Å². The first kappa shape index (κ1) is 10.7. The Morgan fingerprint density at radius 3 is 2.88 bits per heavy atom. The molecular weight excluding hydrogens is 204 g/mol. The smallest absolute Gasteiger partial charge is 0.129 e. The molecule has 0 radical (unpaired) electrons. The topological polar surface area (TPSA) is 72.3 Å². The van der Waals surface area contributed by atoms with Gasteiger partial charge >= 0.3 is 0 Å². The van der Waals surface area contributed by atoms with Gasteiger partial charge in [0.1, 0.15) is 11.4 Å². The van der Waals surface area contributed by atoms with Gasteiger partial charge in [-0.1, -0.05) is 0 Å². The van der Waals surface area contributed by atoms with Crippen LogP contribution >= 0.6 is 0 Å². The second-order valence-electron chi connectivity index (χ2n) is 4.03. The first-order valence-corrected chi connectivity index (χ1v) is 4.99. The fourth-order valence-corrected chi connectivity index (χ4v) is 1.67. The lowest BCUT2D eigenvalue weighted by atomic mass is 9.90. The van der Waals surface area contributed by atoms with Crippen LogP contribution in [0, 0.1) is 6.92 Å². The Bertz CT molecular complexity index is 490. The second-order valence-corrected chi connectivity index (χ2v) is 4.03. The highest BCUT2D eigenvalue weighted by atomic mass is 16.3. The molecule has 16 heavy (non-hydrogen) atoms. The average Bonchev–Trinajstić information content (AvgIpc) is 2.75. The van der Waals surface area contributed by atoms with Crippen molar-refractivity contribution in [2.45, 2.75) is 19.4 Å². The van der Waals surface area contributed by atoms with Crippen molar-refractivity contribution in [3.05, 3.63) is 47.5 Å². The summed E-state index contributed by atoms with van der Waals surface area (Å²) in [6, 6.07) is 3.54. The summed E-state index contributed by atoms with van der Waals surface area (Å²) in [6.07, 6.45) is 4.69. The standard InChI is InChI=1S/C12H14N2O2/c1-8-5-10(11(13)14-6-8)12(2,15)9-3-4-16-7-9/h3-7,15H,1-2H3,(H2,13,14). The Morgan fingerprint density at radius 1 is 1.50 bits per heavy atom. The number of nitrogen functional groups attached to an aromatic ring is 1. The summed E-state index contributed by atoms with van der Waals surface area (Å²) in [5.74, 6) is 0.330. The summed E-state index contributed by atoms with van der Waals surface area (Å²) in [7, 11) is 0. The van der Waals surface area contributed by atoms with Crippen molar-refractivity contribution in [1.82, 2.24) is 4.98 Å². The van der Waals surface area contributed by atoms with E-state index in [1.807, 2.05) is 13.0 Å². The number of rotatable bonds is 2. The van der Waals surface area contributed by atoms with E-state index in [0.29, 0.717) is 16.9 Å². The Kier molecular flexibility index (Phi) is 2.44. The molecule has 84 valence electrons. The number of nitrogens with two attached hydrogens (primary N) is 1. The fourth-order valence-electron chi connectivity index (χ4n) is 1.67. The van der Waals surface area contributed by atoms with E-state index >= 15 is 0 Å². The molecule has 0 saturated carbocycles. The molecule has 2 aromatic heterocycles. The van der Waals surface area contributed by atoms with Crippen LogP contribution in [0.1, 0.15) is 23.6 Å². The number of anilines is 1. The predicted molar refractivity (Wildman–Crippen MR) is 60.8 cm³/mol. The Morgan fingerprint density at radius 2 is 2.25 bits per heavy atom. The maximum absolute atomic E-state index is 10.5. The SMILES string of the molecule is Cc1cnc(N)c(C(C)(O)c2ccoc2)c1. The first-order chi connectivity index (χ1) is 7.51. The maximum atomic E-state index is 10.5. The summed E-state index contributed by atoms with van der Waals surface area (Å²) in [6.45, 7) is 3.58. The predicted octanol–water partition coefficient (Wildman–Crippen LogP) is 1.82. The molecule has 0 aliphatic carbocycles. The Labute approximate surface area is 93.7 Å². The molecule has 4 heteroatoms. The van der Waals surface area contributed by atoms with Gasteiger partial charge in [0.2, 0.25) is 0 Å². The molecule has 0 bridgehead atoms. The highest BCUT2D eigenvalue weighted by Crippen LogP contribution is 2.32. The summed E-state index contributed by atoms with van der Waals surface area (Å²) in [5, 5.41) is 10.5. The third kappa shape index (κ3) is 1.67. The van der Waals surface area contributed by atoms with Gasteiger partial charge in [0.25, 0.3) is 0 Å². The molecule has 0 amide bonds. The van der Waals surface area contributed by atoms with E-state index in [1.165, 1.54) is 12.5 Å². The second kappa shape index (κ2) is 3.64. The van der Waals surface area contributed by atoms with Gasteiger partial charge in [-0.15, -0.1) is 0 Å². The highest BCUT2D eigenvalue weighted by Gasteiger charge is 2.29. The van der Waals surface area contributed by atoms with E-state index in [4.69, 9.17) is 10.2 Å². The number of furan rings is 1. The van der Waals surface area contributed by atoms with E-state index in [9.17, 15) is 5.11 Å². The number of aromatic nitrogens is 1. The summed E-state index contributed by atoms with van der Waals surface area (Å²) in [5.41, 5.74) is 6.80. The minimum absolute atomic E-state index is 0.330. The fraction of sp³-hybridized carbons (Fsp3) is 0.250. The Hall–Kier alpha value is -1.81. The van der Waals surface area contributed by atoms with Gasteiger partial charge in [-0.05, 0) is 31.5 Å². The quantitative estimate of drug-likeness (QED) is 0.806. The van der Waals surface area contributed by atoms with Gasteiger partial charge in [0.05, 0.1) is 12.5 Å². The zero-order chi connectivity index (χ0) is 11.8. The molecule has 0 aromatic carbocycles. The largest absolute Gasteiger partial charge is 0.472 e. The summed E-state index contributed by atoms with van der Waals surface area (Å²) in [4.78, 5) is 4.04. The van der Waals surface area contributed by atoms with Crippen molar-refractivity contribution in [1.29, 1.82) is 0 Å². The molecule has 1 atom stereocenters. The zero-order valence-corrected chi connectivity index (χ0v) is 9.27. The van der Waals surface area contributed by atoms with Gasteiger partial charge in [-0.2, -0.15) is 0 Å². The highest BCUT2D eigenvalue weighted by molar-refractivity contribution is 5.48.